The van der Waals surface area contributed by atoms with Crippen LogP contribution in [0.1, 0.15) is 58.3 Å². The van der Waals surface area contributed by atoms with Crippen LogP contribution in [0.25, 0.3) is 0 Å². The Balaban J connectivity index is 1.68. The third-order valence-electron chi connectivity index (χ3n) is 6.41. The van der Waals surface area contributed by atoms with Gasteiger partial charge in [0.1, 0.15) is 5.00 Å². The van der Waals surface area contributed by atoms with Gasteiger partial charge >= 0.3 is 0 Å². The summed E-state index contributed by atoms with van der Waals surface area (Å²) in [6.07, 6.45) is 2.59. The number of carbonyl (C=O) groups excluding carboxylic acids is 2. The van der Waals surface area contributed by atoms with Crippen LogP contribution < -0.4 is 10.6 Å². The number of hydrogen-bond donors (Lipinski definition) is 2. The topological polar surface area (TPSA) is 101 Å². The van der Waals surface area contributed by atoms with Crippen molar-refractivity contribution in [2.24, 2.45) is 11.3 Å². The fourth-order valence-corrected chi connectivity index (χ4v) is 6.01. The van der Waals surface area contributed by atoms with Gasteiger partial charge in [-0.15, -0.1) is 11.3 Å². The van der Waals surface area contributed by atoms with Crippen molar-refractivity contribution in [3.63, 3.8) is 0 Å². The van der Waals surface area contributed by atoms with Crippen LogP contribution in [0.15, 0.2) is 53.0 Å². The third-order valence-corrected chi connectivity index (χ3v) is 8.27. The second-order valence-electron chi connectivity index (χ2n) is 9.71. The average molecular weight is 556 g/mol. The van der Waals surface area contributed by atoms with Crippen LogP contribution in [-0.4, -0.2) is 16.7 Å². The summed E-state index contributed by atoms with van der Waals surface area (Å²) in [5, 5.41) is 17.3. The molecule has 3 aromatic rings. The molecule has 4 rings (SSSR count). The highest BCUT2D eigenvalue weighted by Crippen LogP contribution is 2.44. The Hall–Kier alpha value is -3.04. The summed E-state index contributed by atoms with van der Waals surface area (Å²) in [7, 11) is 0. The highest BCUT2D eigenvalue weighted by Gasteiger charge is 2.34. The number of anilines is 2. The lowest BCUT2D eigenvalue weighted by Crippen LogP contribution is -2.27. The molecule has 182 valence electrons. The van der Waals surface area contributed by atoms with Crippen LogP contribution in [-0.2, 0) is 12.8 Å². The molecule has 0 saturated carbocycles. The van der Waals surface area contributed by atoms with E-state index in [0.717, 1.165) is 34.2 Å². The van der Waals surface area contributed by atoms with Crippen LogP contribution in [0.2, 0.25) is 0 Å². The Labute approximate surface area is 216 Å². The largest absolute Gasteiger partial charge is 0.321 e. The minimum atomic E-state index is -0.509. The minimum absolute atomic E-state index is 0.0881. The molecule has 7 nitrogen and oxygen atoms in total. The Morgan fingerprint density at radius 1 is 1.06 bits per heavy atom. The number of para-hydroxylation sites is 1. The summed E-state index contributed by atoms with van der Waals surface area (Å²) in [5.41, 5.74) is 2.46. The van der Waals surface area contributed by atoms with Gasteiger partial charge in [-0.3, -0.25) is 19.7 Å². The second-order valence-corrected chi connectivity index (χ2v) is 11.7. The first-order chi connectivity index (χ1) is 16.5. The van der Waals surface area contributed by atoms with Crippen molar-refractivity contribution in [3.05, 3.63) is 84.7 Å². The molecule has 9 heteroatoms. The molecule has 1 aromatic heterocycles. The van der Waals surface area contributed by atoms with Crippen LogP contribution in [0.4, 0.5) is 16.4 Å². The van der Waals surface area contributed by atoms with Gasteiger partial charge < -0.3 is 10.6 Å². The lowest BCUT2D eigenvalue weighted by atomic mass is 9.72. The van der Waals surface area contributed by atoms with E-state index in [1.54, 1.807) is 0 Å². The van der Waals surface area contributed by atoms with Crippen LogP contribution in [0.3, 0.4) is 0 Å². The molecule has 0 bridgehead atoms. The van der Waals surface area contributed by atoms with Crippen molar-refractivity contribution < 1.29 is 14.5 Å². The number of amides is 2. The van der Waals surface area contributed by atoms with Crippen LogP contribution >= 0.6 is 27.3 Å². The number of benzene rings is 2. The average Bonchev–Trinajstić information content (AvgIpc) is 3.17. The summed E-state index contributed by atoms with van der Waals surface area (Å²) < 4.78 is 0.765. The molecule has 2 amide bonds. The lowest BCUT2D eigenvalue weighted by Gasteiger charge is -2.33. The normalized spacial score (nSPS) is 15.3. The number of nitro groups is 1. The van der Waals surface area contributed by atoms with Gasteiger partial charge in [-0.25, -0.2) is 0 Å². The lowest BCUT2D eigenvalue weighted by molar-refractivity contribution is -0.384. The standard InChI is InChI=1S/C26H26BrN3O4S/c1-26(2,3)16-10-13-18-21(14-16)35-25(22(18)24(32)28-20-7-5-4-6-19(20)27)29-23(31)15-8-11-17(12-9-15)30(33)34/h4-9,11-12,16H,10,13-14H2,1-3H3,(H,28,32)(H,29,31). The quantitative estimate of drug-likeness (QED) is 0.259. The summed E-state index contributed by atoms with van der Waals surface area (Å²) >= 11 is 4.91. The predicted octanol–water partition coefficient (Wildman–Crippen LogP) is 7.07. The van der Waals surface area contributed by atoms with Gasteiger partial charge in [0.2, 0.25) is 0 Å². The van der Waals surface area contributed by atoms with Crippen molar-refractivity contribution in [1.29, 1.82) is 0 Å². The summed E-state index contributed by atoms with van der Waals surface area (Å²) in [4.78, 5) is 38.0. The fraction of sp³-hybridized carbons (Fsp3) is 0.308. The minimum Gasteiger partial charge on any atom is -0.321 e. The molecular formula is C26H26BrN3O4S. The first kappa shape index (κ1) is 25.1. The van der Waals surface area contributed by atoms with E-state index >= 15 is 0 Å². The maximum atomic E-state index is 13.5. The van der Waals surface area contributed by atoms with Crippen molar-refractivity contribution in [2.45, 2.75) is 40.0 Å². The summed E-state index contributed by atoms with van der Waals surface area (Å²) in [5.74, 6) is -0.213. The van der Waals surface area contributed by atoms with Crippen LogP contribution in [0.5, 0.6) is 0 Å². The fourth-order valence-electron chi connectivity index (χ4n) is 4.31. The smallest absolute Gasteiger partial charge is 0.269 e. The Morgan fingerprint density at radius 2 is 1.74 bits per heavy atom. The van der Waals surface area contributed by atoms with E-state index in [1.807, 2.05) is 24.3 Å². The van der Waals surface area contributed by atoms with E-state index in [1.165, 1.54) is 35.6 Å². The molecule has 0 fully saturated rings. The SMILES string of the molecule is CC(C)(C)C1CCc2c(sc(NC(=O)c3ccc([N+](=O)[O-])cc3)c2C(=O)Nc2ccccc2Br)C1. The number of nitro benzene ring substituents is 1. The van der Waals surface area contributed by atoms with Gasteiger partial charge in [0.15, 0.2) is 0 Å². The van der Waals surface area contributed by atoms with E-state index in [0.29, 0.717) is 22.2 Å². The van der Waals surface area contributed by atoms with Gasteiger partial charge in [-0.2, -0.15) is 0 Å². The number of hydrogen-bond acceptors (Lipinski definition) is 5. The monoisotopic (exact) mass is 555 g/mol. The second kappa shape index (κ2) is 9.91. The molecule has 0 saturated heterocycles. The zero-order valence-corrected chi connectivity index (χ0v) is 22.1. The van der Waals surface area contributed by atoms with E-state index in [-0.39, 0.29) is 22.6 Å². The number of rotatable bonds is 5. The number of nitrogens with one attached hydrogen (secondary N) is 2. The summed E-state index contributed by atoms with van der Waals surface area (Å²) in [6, 6.07) is 12.8. The van der Waals surface area contributed by atoms with Crippen molar-refractivity contribution in [1.82, 2.24) is 0 Å². The molecule has 0 aliphatic heterocycles. The highest BCUT2D eigenvalue weighted by atomic mass is 79.9. The van der Waals surface area contributed by atoms with Gasteiger partial charge in [0.25, 0.3) is 17.5 Å². The number of thiophene rings is 1. The molecule has 2 aromatic carbocycles. The van der Waals surface area contributed by atoms with Gasteiger partial charge in [0.05, 0.1) is 16.2 Å². The van der Waals surface area contributed by atoms with Crippen molar-refractivity contribution in [2.75, 3.05) is 10.6 Å². The number of carbonyl (C=O) groups is 2. The molecule has 1 atom stereocenters. The molecule has 1 aliphatic rings. The first-order valence-corrected chi connectivity index (χ1v) is 12.9. The zero-order valence-electron chi connectivity index (χ0n) is 19.7. The molecule has 1 heterocycles. The molecule has 1 unspecified atom stereocenters. The number of nitrogens with zero attached hydrogens (tertiary/aromatic N) is 1. The van der Waals surface area contributed by atoms with Crippen LogP contribution in [0, 0.1) is 21.4 Å². The molecule has 0 radical (unpaired) electrons. The molecule has 1 aliphatic carbocycles. The first-order valence-electron chi connectivity index (χ1n) is 11.3. The van der Waals surface area contributed by atoms with Gasteiger partial charge in [0, 0.05) is 27.0 Å². The molecular weight excluding hydrogens is 530 g/mol. The summed E-state index contributed by atoms with van der Waals surface area (Å²) in [6.45, 7) is 6.69. The van der Waals surface area contributed by atoms with Crippen molar-refractivity contribution in [3.8, 4) is 0 Å². The van der Waals surface area contributed by atoms with Crippen molar-refractivity contribution >= 4 is 55.5 Å². The van der Waals surface area contributed by atoms with Gasteiger partial charge in [-0.1, -0.05) is 32.9 Å². The number of halogens is 1. The molecule has 0 spiro atoms. The maximum absolute atomic E-state index is 13.5. The predicted molar refractivity (Wildman–Crippen MR) is 142 cm³/mol. The highest BCUT2D eigenvalue weighted by molar-refractivity contribution is 9.10. The Kier molecular flexibility index (Phi) is 7.10. The maximum Gasteiger partial charge on any atom is 0.269 e. The van der Waals surface area contributed by atoms with E-state index in [2.05, 4.69) is 47.3 Å². The zero-order chi connectivity index (χ0) is 25.3. The van der Waals surface area contributed by atoms with E-state index < -0.39 is 10.8 Å². The van der Waals surface area contributed by atoms with E-state index in [4.69, 9.17) is 0 Å². The number of non-ortho nitro benzene ring substituents is 1. The Morgan fingerprint density at radius 3 is 2.37 bits per heavy atom. The molecule has 35 heavy (non-hydrogen) atoms. The third kappa shape index (κ3) is 5.46. The van der Waals surface area contributed by atoms with Gasteiger partial charge in [-0.05, 0) is 76.4 Å². The van der Waals surface area contributed by atoms with E-state index in [9.17, 15) is 19.7 Å². The Bertz CT molecular complexity index is 1290. The number of fused-ring (bicyclic) bond motifs is 1. The molecule has 2 N–H and O–H groups in total.